The zero-order chi connectivity index (χ0) is 27.5. The van der Waals surface area contributed by atoms with Crippen LogP contribution in [0.25, 0.3) is 11.0 Å². The fourth-order valence-corrected chi connectivity index (χ4v) is 5.06. The Hall–Kier alpha value is -3.70. The van der Waals surface area contributed by atoms with E-state index in [0.29, 0.717) is 53.9 Å². The standard InChI is InChI=1S/C27H28ClF2N7O2/c1-35(7-2-10-38)26(39)18-4-3-17(21(29)11-18)12-23-24-22(30)15-37(25(24)34-16-33-23)20-5-8-36(9-6-20)27-31-13-19(28)14-32-27/h3-4,11,13-16,20,38H,2,5-10,12H2,1H3. The van der Waals surface area contributed by atoms with E-state index in [0.717, 1.165) is 12.8 Å². The molecule has 1 aliphatic heterocycles. The molecule has 1 saturated heterocycles. The van der Waals surface area contributed by atoms with Gasteiger partial charge in [0.15, 0.2) is 5.82 Å². The largest absolute Gasteiger partial charge is 0.396 e. The molecule has 1 aromatic carbocycles. The van der Waals surface area contributed by atoms with Gasteiger partial charge in [0, 0.05) is 57.5 Å². The summed E-state index contributed by atoms with van der Waals surface area (Å²) in [5.74, 6) is -0.755. The average Bonchev–Trinajstić information content (AvgIpc) is 3.30. The first-order valence-electron chi connectivity index (χ1n) is 12.7. The Kier molecular flexibility index (Phi) is 7.99. The van der Waals surface area contributed by atoms with Gasteiger partial charge in [-0.1, -0.05) is 17.7 Å². The summed E-state index contributed by atoms with van der Waals surface area (Å²) in [5, 5.41) is 9.72. The number of aliphatic hydroxyl groups is 1. The van der Waals surface area contributed by atoms with Gasteiger partial charge in [0.25, 0.3) is 5.91 Å². The van der Waals surface area contributed by atoms with Crippen LogP contribution in [0.3, 0.4) is 0 Å². The lowest BCUT2D eigenvalue weighted by Crippen LogP contribution is -2.35. The molecule has 0 unspecified atom stereocenters. The molecule has 4 aromatic rings. The summed E-state index contributed by atoms with van der Waals surface area (Å²) in [4.78, 5) is 33.3. The number of rotatable bonds is 8. The van der Waals surface area contributed by atoms with Gasteiger partial charge in [0.1, 0.15) is 17.8 Å². The fraction of sp³-hybridized carbons (Fsp3) is 0.370. The SMILES string of the molecule is CN(CCCO)C(=O)c1ccc(Cc2ncnc3c2c(F)cn3C2CCN(c3ncc(Cl)cn3)CC2)c(F)c1. The number of halogens is 3. The number of amides is 1. The van der Waals surface area contributed by atoms with Crippen molar-refractivity contribution in [2.75, 3.05) is 38.2 Å². The molecule has 1 amide bonds. The molecule has 5 rings (SSSR count). The maximum atomic E-state index is 15.3. The topological polar surface area (TPSA) is 100 Å². The lowest BCUT2D eigenvalue weighted by atomic mass is 10.0. The van der Waals surface area contributed by atoms with Crippen molar-refractivity contribution in [3.63, 3.8) is 0 Å². The van der Waals surface area contributed by atoms with E-state index in [1.165, 1.54) is 29.6 Å². The van der Waals surface area contributed by atoms with Crippen LogP contribution in [0.1, 0.15) is 46.9 Å². The van der Waals surface area contributed by atoms with E-state index >= 15 is 8.78 Å². The summed E-state index contributed by atoms with van der Waals surface area (Å²) in [6.45, 7) is 1.71. The minimum Gasteiger partial charge on any atom is -0.396 e. The molecule has 1 N–H and O–H groups in total. The second-order valence-corrected chi connectivity index (χ2v) is 10.0. The zero-order valence-corrected chi connectivity index (χ0v) is 22.2. The molecule has 204 valence electrons. The second-order valence-electron chi connectivity index (χ2n) is 9.61. The molecule has 0 saturated carbocycles. The lowest BCUT2D eigenvalue weighted by molar-refractivity contribution is 0.0786. The van der Waals surface area contributed by atoms with E-state index in [-0.39, 0.29) is 35.9 Å². The van der Waals surface area contributed by atoms with Crippen molar-refractivity contribution >= 4 is 34.5 Å². The summed E-state index contributed by atoms with van der Waals surface area (Å²) in [6, 6.07) is 4.28. The first-order chi connectivity index (χ1) is 18.9. The first-order valence-corrected chi connectivity index (χ1v) is 13.1. The molecule has 0 bridgehead atoms. The Morgan fingerprint density at radius 2 is 1.87 bits per heavy atom. The Balaban J connectivity index is 1.33. The molecule has 4 heterocycles. The van der Waals surface area contributed by atoms with Crippen LogP contribution in [0, 0.1) is 11.6 Å². The van der Waals surface area contributed by atoms with Crippen LogP contribution >= 0.6 is 11.6 Å². The molecule has 12 heteroatoms. The van der Waals surface area contributed by atoms with Crippen LogP contribution in [-0.2, 0) is 6.42 Å². The number of carbonyl (C=O) groups is 1. The molecule has 3 aromatic heterocycles. The molecule has 0 aliphatic carbocycles. The number of hydrogen-bond acceptors (Lipinski definition) is 7. The number of aromatic nitrogens is 5. The molecule has 0 spiro atoms. The quantitative estimate of drug-likeness (QED) is 0.350. The normalized spacial score (nSPS) is 14.2. The second kappa shape index (κ2) is 11.6. The van der Waals surface area contributed by atoms with Gasteiger partial charge >= 0.3 is 0 Å². The lowest BCUT2D eigenvalue weighted by Gasteiger charge is -2.32. The van der Waals surface area contributed by atoms with E-state index in [1.54, 1.807) is 25.5 Å². The molecule has 39 heavy (non-hydrogen) atoms. The van der Waals surface area contributed by atoms with E-state index in [9.17, 15) is 4.79 Å². The predicted octanol–water partition coefficient (Wildman–Crippen LogP) is 4.04. The van der Waals surface area contributed by atoms with Crippen molar-refractivity contribution in [3.05, 3.63) is 76.6 Å². The average molecular weight is 556 g/mol. The number of benzene rings is 1. The van der Waals surface area contributed by atoms with Gasteiger partial charge in [-0.15, -0.1) is 0 Å². The first kappa shape index (κ1) is 26.9. The van der Waals surface area contributed by atoms with Crippen LogP contribution in [0.4, 0.5) is 14.7 Å². The third-order valence-electron chi connectivity index (χ3n) is 7.05. The Morgan fingerprint density at radius 3 is 2.56 bits per heavy atom. The summed E-state index contributed by atoms with van der Waals surface area (Å²) in [5.41, 5.74) is 1.35. The van der Waals surface area contributed by atoms with E-state index in [4.69, 9.17) is 16.7 Å². The molecule has 0 radical (unpaired) electrons. The Bertz CT molecular complexity index is 1470. The van der Waals surface area contributed by atoms with Gasteiger partial charge < -0.3 is 19.5 Å². The maximum Gasteiger partial charge on any atom is 0.253 e. The van der Waals surface area contributed by atoms with Gasteiger partial charge in [-0.05, 0) is 37.0 Å². The molecule has 9 nitrogen and oxygen atoms in total. The number of piperidine rings is 1. The molecular weight excluding hydrogens is 528 g/mol. The highest BCUT2D eigenvalue weighted by Gasteiger charge is 2.26. The summed E-state index contributed by atoms with van der Waals surface area (Å²) < 4.78 is 32.1. The van der Waals surface area contributed by atoms with Crippen LogP contribution in [0.15, 0.2) is 43.1 Å². The number of nitrogens with zero attached hydrogens (tertiary/aromatic N) is 7. The minimum absolute atomic E-state index is 0.0214. The smallest absolute Gasteiger partial charge is 0.253 e. The summed E-state index contributed by atoms with van der Waals surface area (Å²) >= 11 is 5.89. The van der Waals surface area contributed by atoms with E-state index < -0.39 is 11.6 Å². The molecule has 1 fully saturated rings. The predicted molar refractivity (Wildman–Crippen MR) is 143 cm³/mol. The highest BCUT2D eigenvalue weighted by atomic mass is 35.5. The van der Waals surface area contributed by atoms with Gasteiger partial charge in [0.2, 0.25) is 5.95 Å². The third kappa shape index (κ3) is 5.69. The number of aliphatic hydroxyl groups excluding tert-OH is 1. The van der Waals surface area contributed by atoms with Crippen molar-refractivity contribution < 1.29 is 18.7 Å². The maximum absolute atomic E-state index is 15.3. The van der Waals surface area contributed by atoms with Gasteiger partial charge in [0.05, 0.1) is 28.5 Å². The van der Waals surface area contributed by atoms with Gasteiger partial charge in [-0.2, -0.15) is 0 Å². The monoisotopic (exact) mass is 555 g/mol. The number of fused-ring (bicyclic) bond motifs is 1. The fourth-order valence-electron chi connectivity index (χ4n) is 4.96. The molecule has 0 atom stereocenters. The van der Waals surface area contributed by atoms with Crippen molar-refractivity contribution in [1.82, 2.24) is 29.4 Å². The Morgan fingerprint density at radius 1 is 1.13 bits per heavy atom. The van der Waals surface area contributed by atoms with E-state index in [2.05, 4.69) is 24.8 Å². The van der Waals surface area contributed by atoms with Crippen LogP contribution < -0.4 is 4.90 Å². The zero-order valence-electron chi connectivity index (χ0n) is 21.4. The van der Waals surface area contributed by atoms with Crippen molar-refractivity contribution in [2.45, 2.75) is 31.7 Å². The number of carbonyl (C=O) groups excluding carboxylic acids is 1. The summed E-state index contributed by atoms with van der Waals surface area (Å²) in [6.07, 6.45) is 7.92. The minimum atomic E-state index is -0.570. The molecular formula is C27H28ClF2N7O2. The van der Waals surface area contributed by atoms with Crippen molar-refractivity contribution in [1.29, 1.82) is 0 Å². The highest BCUT2D eigenvalue weighted by Crippen LogP contribution is 2.31. The molecule has 1 aliphatic rings. The van der Waals surface area contributed by atoms with Crippen LogP contribution in [-0.4, -0.2) is 73.7 Å². The van der Waals surface area contributed by atoms with Crippen molar-refractivity contribution in [3.8, 4) is 0 Å². The highest BCUT2D eigenvalue weighted by molar-refractivity contribution is 6.30. The number of hydrogen-bond donors (Lipinski definition) is 1. The van der Waals surface area contributed by atoms with Crippen LogP contribution in [0.2, 0.25) is 5.02 Å². The Labute approximate surface area is 229 Å². The number of anilines is 1. The van der Waals surface area contributed by atoms with Crippen molar-refractivity contribution in [2.24, 2.45) is 0 Å². The van der Waals surface area contributed by atoms with Gasteiger partial charge in [-0.25, -0.2) is 28.7 Å². The van der Waals surface area contributed by atoms with Crippen LogP contribution in [0.5, 0.6) is 0 Å². The summed E-state index contributed by atoms with van der Waals surface area (Å²) in [7, 11) is 1.60. The van der Waals surface area contributed by atoms with Gasteiger partial charge in [-0.3, -0.25) is 4.79 Å². The third-order valence-corrected chi connectivity index (χ3v) is 7.24. The van der Waals surface area contributed by atoms with E-state index in [1.807, 2.05) is 4.57 Å².